The number of carbonyl (C=O) groups is 1. The molecule has 0 aliphatic carbocycles. The van der Waals surface area contributed by atoms with E-state index in [1.54, 1.807) is 0 Å². The third kappa shape index (κ3) is 4.29. The lowest BCUT2D eigenvalue weighted by Gasteiger charge is -2.37. The lowest BCUT2D eigenvalue weighted by molar-refractivity contribution is 0.0988. The number of nitrogens with zero attached hydrogens (tertiary/aromatic N) is 3. The summed E-state index contributed by atoms with van der Waals surface area (Å²) in [5.41, 5.74) is 1.98. The van der Waals surface area contributed by atoms with E-state index in [0.717, 1.165) is 50.5 Å². The van der Waals surface area contributed by atoms with Gasteiger partial charge in [-0.3, -0.25) is 9.69 Å². The van der Waals surface area contributed by atoms with Crippen molar-refractivity contribution in [3.8, 4) is 0 Å². The number of hydrogen-bond donors (Lipinski definition) is 0. The number of carbonyl (C=O) groups excluding carboxylic acids is 1. The molecule has 0 aromatic heterocycles. The monoisotopic (exact) mass is 289 g/mol. The molecule has 0 saturated carbocycles. The second kappa shape index (κ2) is 7.57. The summed E-state index contributed by atoms with van der Waals surface area (Å²) in [7, 11) is 4.23. The summed E-state index contributed by atoms with van der Waals surface area (Å²) in [5.74, 6) is 0.237. The molecule has 0 spiro atoms. The second-order valence-electron chi connectivity index (χ2n) is 5.93. The Morgan fingerprint density at radius 3 is 2.43 bits per heavy atom. The van der Waals surface area contributed by atoms with Gasteiger partial charge in [0.05, 0.1) is 0 Å². The summed E-state index contributed by atoms with van der Waals surface area (Å²) in [5, 5.41) is 0. The highest BCUT2D eigenvalue weighted by molar-refractivity contribution is 6.01. The highest BCUT2D eigenvalue weighted by Crippen LogP contribution is 2.23. The molecule has 4 heteroatoms. The number of hydrogen-bond acceptors (Lipinski definition) is 4. The van der Waals surface area contributed by atoms with Crippen molar-refractivity contribution in [1.82, 2.24) is 9.80 Å². The van der Waals surface area contributed by atoms with Crippen LogP contribution in [-0.4, -0.2) is 68.9 Å². The molecule has 1 saturated heterocycles. The van der Waals surface area contributed by atoms with E-state index in [2.05, 4.69) is 34.9 Å². The Kier molecular flexibility index (Phi) is 5.76. The molecule has 1 fully saturated rings. The van der Waals surface area contributed by atoms with Crippen molar-refractivity contribution in [2.75, 3.05) is 58.3 Å². The van der Waals surface area contributed by atoms with Crippen molar-refractivity contribution < 1.29 is 4.79 Å². The quantitative estimate of drug-likeness (QED) is 0.748. The second-order valence-corrected chi connectivity index (χ2v) is 5.93. The minimum absolute atomic E-state index is 0.237. The van der Waals surface area contributed by atoms with Gasteiger partial charge in [-0.05, 0) is 26.2 Å². The third-order valence-electron chi connectivity index (χ3n) is 4.10. The van der Waals surface area contributed by atoms with Gasteiger partial charge >= 0.3 is 0 Å². The predicted octanol–water partition coefficient (Wildman–Crippen LogP) is 1.96. The van der Waals surface area contributed by atoms with Gasteiger partial charge in [0.1, 0.15) is 0 Å². The smallest absolute Gasteiger partial charge is 0.164 e. The van der Waals surface area contributed by atoms with Gasteiger partial charge in [-0.2, -0.15) is 0 Å². The fraction of sp³-hybridized carbons (Fsp3) is 0.588. The molecule has 1 aliphatic heterocycles. The van der Waals surface area contributed by atoms with Gasteiger partial charge in [0.15, 0.2) is 5.78 Å². The largest absolute Gasteiger partial charge is 0.368 e. The number of Topliss-reactive ketones (excluding diaryl/α,β-unsaturated/α-hetero) is 1. The first-order chi connectivity index (χ1) is 10.1. The molecule has 1 aromatic carbocycles. The molecule has 0 bridgehead atoms. The van der Waals surface area contributed by atoms with Gasteiger partial charge < -0.3 is 9.80 Å². The number of piperazine rings is 1. The molecule has 21 heavy (non-hydrogen) atoms. The normalized spacial score (nSPS) is 16.5. The van der Waals surface area contributed by atoms with E-state index < -0.39 is 0 Å². The molecule has 4 nitrogen and oxygen atoms in total. The summed E-state index contributed by atoms with van der Waals surface area (Å²) in [4.78, 5) is 19.2. The van der Waals surface area contributed by atoms with Crippen LogP contribution in [-0.2, 0) is 0 Å². The van der Waals surface area contributed by atoms with Crippen molar-refractivity contribution >= 4 is 11.5 Å². The number of benzene rings is 1. The summed E-state index contributed by atoms with van der Waals surface area (Å²) < 4.78 is 0. The molecule has 0 N–H and O–H groups in total. The van der Waals surface area contributed by atoms with Gasteiger partial charge in [0, 0.05) is 56.9 Å². The number of rotatable bonds is 6. The van der Waals surface area contributed by atoms with Crippen LogP contribution < -0.4 is 4.90 Å². The van der Waals surface area contributed by atoms with Crippen LogP contribution in [0.5, 0.6) is 0 Å². The minimum atomic E-state index is 0.237. The fourth-order valence-electron chi connectivity index (χ4n) is 2.73. The van der Waals surface area contributed by atoms with Gasteiger partial charge in [0.2, 0.25) is 0 Å². The Morgan fingerprint density at radius 2 is 1.81 bits per heavy atom. The average molecular weight is 289 g/mol. The standard InChI is InChI=1S/C17H27N3O/c1-4-17(21)15-7-5-6-8-16(15)20-13-11-19(12-14-20)10-9-18(2)3/h5-8H,4,9-14H2,1-3H3. The molecule has 2 rings (SSSR count). The molecule has 0 unspecified atom stereocenters. The zero-order valence-corrected chi connectivity index (χ0v) is 13.5. The zero-order chi connectivity index (χ0) is 15.2. The lowest BCUT2D eigenvalue weighted by Crippen LogP contribution is -2.48. The van der Waals surface area contributed by atoms with E-state index in [4.69, 9.17) is 0 Å². The van der Waals surface area contributed by atoms with E-state index in [0.29, 0.717) is 6.42 Å². The van der Waals surface area contributed by atoms with Crippen molar-refractivity contribution in [2.24, 2.45) is 0 Å². The Labute approximate surface area is 128 Å². The van der Waals surface area contributed by atoms with E-state index >= 15 is 0 Å². The molecule has 116 valence electrons. The van der Waals surface area contributed by atoms with Gasteiger partial charge in [-0.25, -0.2) is 0 Å². The Balaban J connectivity index is 1.98. The molecule has 0 amide bonds. The van der Waals surface area contributed by atoms with Gasteiger partial charge in [0.25, 0.3) is 0 Å². The maximum Gasteiger partial charge on any atom is 0.164 e. The van der Waals surface area contributed by atoms with Crippen molar-refractivity contribution in [1.29, 1.82) is 0 Å². The molecule has 0 atom stereocenters. The highest BCUT2D eigenvalue weighted by atomic mass is 16.1. The van der Waals surface area contributed by atoms with Crippen LogP contribution in [0.3, 0.4) is 0 Å². The van der Waals surface area contributed by atoms with Crippen LogP contribution in [0.2, 0.25) is 0 Å². The first-order valence-electron chi connectivity index (χ1n) is 7.86. The maximum atomic E-state index is 12.1. The van der Waals surface area contributed by atoms with Crippen LogP contribution in [0.4, 0.5) is 5.69 Å². The van der Waals surface area contributed by atoms with Crippen LogP contribution in [0, 0.1) is 0 Å². The number of ketones is 1. The highest BCUT2D eigenvalue weighted by Gasteiger charge is 2.20. The Morgan fingerprint density at radius 1 is 1.14 bits per heavy atom. The fourth-order valence-corrected chi connectivity index (χ4v) is 2.73. The van der Waals surface area contributed by atoms with Gasteiger partial charge in [-0.15, -0.1) is 0 Å². The van der Waals surface area contributed by atoms with E-state index in [1.807, 2.05) is 25.1 Å². The number of likely N-dealkylation sites (N-methyl/N-ethyl adjacent to an activating group) is 1. The van der Waals surface area contributed by atoms with Crippen molar-refractivity contribution in [3.63, 3.8) is 0 Å². The summed E-state index contributed by atoms with van der Waals surface area (Å²) in [6, 6.07) is 8.03. The van der Waals surface area contributed by atoms with Crippen LogP contribution >= 0.6 is 0 Å². The minimum Gasteiger partial charge on any atom is -0.368 e. The van der Waals surface area contributed by atoms with Gasteiger partial charge in [-0.1, -0.05) is 19.1 Å². The predicted molar refractivity (Wildman–Crippen MR) is 88.3 cm³/mol. The first kappa shape index (κ1) is 16.0. The van der Waals surface area contributed by atoms with Crippen LogP contribution in [0.25, 0.3) is 0 Å². The third-order valence-corrected chi connectivity index (χ3v) is 4.10. The number of anilines is 1. The van der Waals surface area contributed by atoms with E-state index in [9.17, 15) is 4.79 Å². The molecule has 1 heterocycles. The van der Waals surface area contributed by atoms with Crippen LogP contribution in [0.1, 0.15) is 23.7 Å². The Hall–Kier alpha value is -1.39. The average Bonchev–Trinajstić information content (AvgIpc) is 2.52. The molecular formula is C17H27N3O. The number of para-hydroxylation sites is 1. The molecule has 0 radical (unpaired) electrons. The summed E-state index contributed by atoms with van der Waals surface area (Å²) >= 11 is 0. The molecule has 1 aromatic rings. The van der Waals surface area contributed by atoms with E-state index in [-0.39, 0.29) is 5.78 Å². The summed E-state index contributed by atoms with van der Waals surface area (Å²) in [6.45, 7) is 8.30. The van der Waals surface area contributed by atoms with E-state index in [1.165, 1.54) is 0 Å². The topological polar surface area (TPSA) is 26.8 Å². The van der Waals surface area contributed by atoms with Crippen LogP contribution in [0.15, 0.2) is 24.3 Å². The first-order valence-corrected chi connectivity index (χ1v) is 7.86. The Bertz CT molecular complexity index is 465. The lowest BCUT2D eigenvalue weighted by atomic mass is 10.1. The van der Waals surface area contributed by atoms with Crippen molar-refractivity contribution in [3.05, 3.63) is 29.8 Å². The SMILES string of the molecule is CCC(=O)c1ccccc1N1CCN(CCN(C)C)CC1. The maximum absolute atomic E-state index is 12.1. The zero-order valence-electron chi connectivity index (χ0n) is 13.5. The van der Waals surface area contributed by atoms with Crippen molar-refractivity contribution in [2.45, 2.75) is 13.3 Å². The molecular weight excluding hydrogens is 262 g/mol. The molecule has 1 aliphatic rings. The summed E-state index contributed by atoms with van der Waals surface area (Å²) in [6.07, 6.45) is 0.569.